The molecule has 0 saturated heterocycles. The smallest absolute Gasteiger partial charge is 0.107 e. The van der Waals surface area contributed by atoms with Gasteiger partial charge < -0.3 is 4.57 Å². The summed E-state index contributed by atoms with van der Waals surface area (Å²) >= 11 is 0. The van der Waals surface area contributed by atoms with Crippen LogP contribution in [0.2, 0.25) is 0 Å². The molecule has 18 heavy (non-hydrogen) atoms. The molecule has 100 valence electrons. The van der Waals surface area contributed by atoms with Gasteiger partial charge in [-0.2, -0.15) is 0 Å². The summed E-state index contributed by atoms with van der Waals surface area (Å²) < 4.78 is 12.8. The van der Waals surface area contributed by atoms with Crippen LogP contribution >= 0.6 is 7.80 Å². The molecule has 0 N–H and O–H groups in total. The van der Waals surface area contributed by atoms with Crippen molar-refractivity contribution in [2.45, 2.75) is 45.7 Å². The van der Waals surface area contributed by atoms with Crippen LogP contribution in [0.15, 0.2) is 30.3 Å². The van der Waals surface area contributed by atoms with Crippen LogP contribution in [0.25, 0.3) is 0 Å². The second-order valence-corrected chi connectivity index (χ2v) is 8.21. The number of benzene rings is 1. The van der Waals surface area contributed by atoms with E-state index in [1.807, 2.05) is 30.3 Å². The van der Waals surface area contributed by atoms with Gasteiger partial charge in [0.2, 0.25) is 0 Å². The predicted molar refractivity (Wildman–Crippen MR) is 80.2 cm³/mol. The maximum Gasteiger partial charge on any atom is 0.107 e. The third-order valence-corrected chi connectivity index (χ3v) is 6.66. The van der Waals surface area contributed by atoms with E-state index in [-0.39, 0.29) is 0 Å². The van der Waals surface area contributed by atoms with Gasteiger partial charge in [-0.3, -0.25) is 0 Å². The van der Waals surface area contributed by atoms with Gasteiger partial charge in [-0.05, 0) is 30.6 Å². The van der Waals surface area contributed by atoms with E-state index in [9.17, 15) is 4.57 Å². The molecule has 2 heteroatoms. The molecule has 0 radical (unpaired) electrons. The Bertz CT molecular complexity index is 399. The highest BCUT2D eigenvalue weighted by molar-refractivity contribution is 7.54. The van der Waals surface area contributed by atoms with Crippen molar-refractivity contribution in [3.63, 3.8) is 0 Å². The Morgan fingerprint density at radius 2 is 1.83 bits per heavy atom. The van der Waals surface area contributed by atoms with Crippen molar-refractivity contribution in [3.05, 3.63) is 30.3 Å². The zero-order valence-corrected chi connectivity index (χ0v) is 12.7. The van der Waals surface area contributed by atoms with Crippen molar-refractivity contribution in [1.29, 1.82) is 0 Å². The minimum absolute atomic E-state index is 0.418. The second kappa shape index (κ2) is 6.06. The summed E-state index contributed by atoms with van der Waals surface area (Å²) in [5, 5.41) is 1.08. The van der Waals surface area contributed by atoms with Crippen LogP contribution in [-0.2, 0) is 4.57 Å². The lowest BCUT2D eigenvalue weighted by Crippen LogP contribution is -2.31. The normalized spacial score (nSPS) is 30.3. The Morgan fingerprint density at radius 1 is 1.17 bits per heavy atom. The third-order valence-electron chi connectivity index (χ3n) is 4.42. The monoisotopic (exact) mass is 264 g/mol. The molecule has 1 aromatic carbocycles. The van der Waals surface area contributed by atoms with Gasteiger partial charge >= 0.3 is 0 Å². The maximum absolute atomic E-state index is 12.8. The molecule has 0 amide bonds. The molecular weight excluding hydrogens is 239 g/mol. The molecule has 0 aliphatic heterocycles. The largest absolute Gasteiger partial charge is 0.322 e. The van der Waals surface area contributed by atoms with Gasteiger partial charge in [-0.25, -0.2) is 0 Å². The standard InChI is InChI=1S/C16H25OP/c1-12(2)15-10-9-13(3)11-16(15)18(17)14-7-5-4-6-8-14/h4-8,12-13,15-16,18H,9-11H2,1-3H3. The summed E-state index contributed by atoms with van der Waals surface area (Å²) in [6.07, 6.45) is 3.71. The number of hydrogen-bond acceptors (Lipinski definition) is 1. The van der Waals surface area contributed by atoms with Crippen LogP contribution in [0, 0.1) is 17.8 Å². The van der Waals surface area contributed by atoms with E-state index in [0.717, 1.165) is 17.6 Å². The SMILES string of the molecule is CC1CCC(C(C)C)C([PH](=O)c2ccccc2)C1. The Labute approximate surface area is 112 Å². The van der Waals surface area contributed by atoms with E-state index in [4.69, 9.17) is 0 Å². The minimum Gasteiger partial charge on any atom is -0.322 e. The van der Waals surface area contributed by atoms with Crippen molar-refractivity contribution >= 4 is 13.1 Å². The van der Waals surface area contributed by atoms with Gasteiger partial charge in [-0.1, -0.05) is 57.5 Å². The first kappa shape index (κ1) is 13.9. The van der Waals surface area contributed by atoms with Crippen LogP contribution in [0.3, 0.4) is 0 Å². The van der Waals surface area contributed by atoms with E-state index in [2.05, 4.69) is 20.8 Å². The molecule has 1 aliphatic rings. The van der Waals surface area contributed by atoms with E-state index in [1.165, 1.54) is 12.8 Å². The van der Waals surface area contributed by atoms with Crippen LogP contribution in [0.5, 0.6) is 0 Å². The Hall–Kier alpha value is -0.550. The first-order valence-electron chi connectivity index (χ1n) is 7.19. The first-order chi connectivity index (χ1) is 8.59. The number of hydrogen-bond donors (Lipinski definition) is 0. The highest BCUT2D eigenvalue weighted by atomic mass is 31.1. The molecule has 1 fully saturated rings. The van der Waals surface area contributed by atoms with Gasteiger partial charge in [-0.15, -0.1) is 0 Å². The molecule has 2 rings (SSSR count). The van der Waals surface area contributed by atoms with Gasteiger partial charge in [0.1, 0.15) is 7.80 Å². The lowest BCUT2D eigenvalue weighted by Gasteiger charge is -2.37. The zero-order valence-electron chi connectivity index (χ0n) is 11.7. The summed E-state index contributed by atoms with van der Waals surface area (Å²) in [6.45, 7) is 6.88. The summed E-state index contributed by atoms with van der Waals surface area (Å²) in [4.78, 5) is 0. The molecule has 4 atom stereocenters. The molecule has 1 aliphatic carbocycles. The quantitative estimate of drug-likeness (QED) is 0.742. The molecule has 1 saturated carbocycles. The van der Waals surface area contributed by atoms with Crippen LogP contribution in [-0.4, -0.2) is 5.66 Å². The lowest BCUT2D eigenvalue weighted by molar-refractivity contribution is 0.239. The van der Waals surface area contributed by atoms with Crippen molar-refractivity contribution in [2.24, 2.45) is 17.8 Å². The van der Waals surface area contributed by atoms with Crippen LogP contribution in [0.1, 0.15) is 40.0 Å². The minimum atomic E-state index is -1.64. The maximum atomic E-state index is 12.8. The highest BCUT2D eigenvalue weighted by Gasteiger charge is 2.34. The Morgan fingerprint density at radius 3 is 2.44 bits per heavy atom. The molecule has 1 aromatic rings. The predicted octanol–water partition coefficient (Wildman–Crippen LogP) is 4.33. The fourth-order valence-corrected chi connectivity index (χ4v) is 5.83. The fourth-order valence-electron chi connectivity index (χ4n) is 3.32. The average Bonchev–Trinajstić information content (AvgIpc) is 2.38. The summed E-state index contributed by atoms with van der Waals surface area (Å²) in [7, 11) is -1.64. The van der Waals surface area contributed by atoms with Gasteiger partial charge in [0.05, 0.1) is 0 Å². The lowest BCUT2D eigenvalue weighted by atomic mass is 9.77. The van der Waals surface area contributed by atoms with Gasteiger partial charge in [0.15, 0.2) is 0 Å². The topological polar surface area (TPSA) is 17.1 Å². The average molecular weight is 264 g/mol. The van der Waals surface area contributed by atoms with Crippen molar-refractivity contribution in [3.8, 4) is 0 Å². The molecular formula is C16H25OP. The van der Waals surface area contributed by atoms with E-state index < -0.39 is 7.80 Å². The van der Waals surface area contributed by atoms with E-state index in [1.54, 1.807) is 0 Å². The van der Waals surface area contributed by atoms with Crippen LogP contribution < -0.4 is 5.30 Å². The third kappa shape index (κ3) is 3.06. The first-order valence-corrected chi connectivity index (χ1v) is 8.67. The summed E-state index contributed by atoms with van der Waals surface area (Å²) in [6, 6.07) is 10.1. The Balaban J connectivity index is 2.20. The zero-order chi connectivity index (χ0) is 13.1. The van der Waals surface area contributed by atoms with Gasteiger partial charge in [0.25, 0.3) is 0 Å². The molecule has 1 nitrogen and oxygen atoms in total. The van der Waals surface area contributed by atoms with Gasteiger partial charge in [0, 0.05) is 11.0 Å². The van der Waals surface area contributed by atoms with Crippen molar-refractivity contribution in [1.82, 2.24) is 0 Å². The van der Waals surface area contributed by atoms with E-state index >= 15 is 0 Å². The number of rotatable bonds is 3. The van der Waals surface area contributed by atoms with Crippen molar-refractivity contribution < 1.29 is 4.57 Å². The second-order valence-electron chi connectivity index (χ2n) is 6.16. The molecule has 0 aromatic heterocycles. The molecule has 0 spiro atoms. The Kier molecular flexibility index (Phi) is 4.67. The summed E-state index contributed by atoms with van der Waals surface area (Å²) in [5.41, 5.74) is 0.418. The molecule has 4 unspecified atom stereocenters. The molecule has 0 heterocycles. The summed E-state index contributed by atoms with van der Waals surface area (Å²) in [5.74, 6) is 2.04. The fraction of sp³-hybridized carbons (Fsp3) is 0.625. The highest BCUT2D eigenvalue weighted by Crippen LogP contribution is 2.45. The van der Waals surface area contributed by atoms with E-state index in [0.29, 0.717) is 17.5 Å². The van der Waals surface area contributed by atoms with Crippen molar-refractivity contribution in [2.75, 3.05) is 0 Å². The molecule has 0 bridgehead atoms. The van der Waals surface area contributed by atoms with Crippen LogP contribution in [0.4, 0.5) is 0 Å².